The zero-order valence-corrected chi connectivity index (χ0v) is 15.0. The summed E-state index contributed by atoms with van der Waals surface area (Å²) in [6, 6.07) is 8.71. The van der Waals surface area contributed by atoms with E-state index in [-0.39, 0.29) is 6.03 Å². The number of nitrogens with zero attached hydrogens (tertiary/aromatic N) is 2. The van der Waals surface area contributed by atoms with Gasteiger partial charge < -0.3 is 15.1 Å². The third-order valence-electron chi connectivity index (χ3n) is 4.46. The molecule has 1 N–H and O–H groups in total. The molecule has 2 amide bonds. The van der Waals surface area contributed by atoms with Crippen molar-refractivity contribution in [2.24, 2.45) is 5.92 Å². The highest BCUT2D eigenvalue weighted by molar-refractivity contribution is 5.74. The van der Waals surface area contributed by atoms with Crippen molar-refractivity contribution in [2.75, 3.05) is 37.6 Å². The normalized spacial score (nSPS) is 15.4. The van der Waals surface area contributed by atoms with Gasteiger partial charge in [-0.15, -0.1) is 0 Å². The molecular weight excluding hydrogens is 286 g/mol. The number of carbonyl (C=O) groups excluding carboxylic acids is 1. The van der Waals surface area contributed by atoms with Crippen molar-refractivity contribution in [3.8, 4) is 0 Å². The highest BCUT2D eigenvalue weighted by atomic mass is 16.2. The summed E-state index contributed by atoms with van der Waals surface area (Å²) in [6.07, 6.45) is 1.04. The number of nitrogens with one attached hydrogen (secondary N) is 1. The molecule has 1 fully saturated rings. The van der Waals surface area contributed by atoms with E-state index in [0.29, 0.717) is 11.8 Å². The number of benzene rings is 1. The summed E-state index contributed by atoms with van der Waals surface area (Å²) in [5, 5.41) is 3.04. The number of anilines is 1. The number of para-hydroxylation sites is 1. The van der Waals surface area contributed by atoms with Crippen LogP contribution in [-0.4, -0.2) is 43.7 Å². The molecule has 0 aromatic heterocycles. The topological polar surface area (TPSA) is 35.6 Å². The molecule has 1 aliphatic rings. The Hall–Kier alpha value is -1.71. The van der Waals surface area contributed by atoms with Gasteiger partial charge in [-0.1, -0.05) is 45.9 Å². The van der Waals surface area contributed by atoms with Gasteiger partial charge >= 0.3 is 6.03 Å². The van der Waals surface area contributed by atoms with E-state index in [0.717, 1.165) is 39.1 Å². The molecule has 1 saturated heterocycles. The lowest BCUT2D eigenvalue weighted by Gasteiger charge is -2.37. The Bertz CT molecular complexity index is 505. The molecule has 0 saturated carbocycles. The molecule has 0 aliphatic carbocycles. The first kappa shape index (κ1) is 17.6. The fourth-order valence-corrected chi connectivity index (χ4v) is 2.99. The van der Waals surface area contributed by atoms with Gasteiger partial charge in [-0.2, -0.15) is 0 Å². The lowest BCUT2D eigenvalue weighted by atomic mass is 10.00. The number of piperazine rings is 1. The first-order valence-electron chi connectivity index (χ1n) is 8.85. The summed E-state index contributed by atoms with van der Waals surface area (Å²) < 4.78 is 0. The van der Waals surface area contributed by atoms with Crippen molar-refractivity contribution in [2.45, 2.75) is 40.0 Å². The molecule has 1 aromatic rings. The third-order valence-corrected chi connectivity index (χ3v) is 4.46. The molecule has 0 atom stereocenters. The summed E-state index contributed by atoms with van der Waals surface area (Å²) in [7, 11) is 0. The molecule has 0 unspecified atom stereocenters. The monoisotopic (exact) mass is 317 g/mol. The van der Waals surface area contributed by atoms with E-state index in [1.807, 2.05) is 4.90 Å². The average molecular weight is 317 g/mol. The third kappa shape index (κ3) is 4.88. The Labute approximate surface area is 140 Å². The van der Waals surface area contributed by atoms with E-state index in [4.69, 9.17) is 0 Å². The summed E-state index contributed by atoms with van der Waals surface area (Å²) in [5.41, 5.74) is 2.71. The first-order chi connectivity index (χ1) is 11.0. The first-order valence-corrected chi connectivity index (χ1v) is 8.85. The molecule has 128 valence electrons. The van der Waals surface area contributed by atoms with Gasteiger partial charge in [-0.05, 0) is 29.9 Å². The Morgan fingerprint density at radius 2 is 1.74 bits per heavy atom. The number of hydrogen-bond donors (Lipinski definition) is 1. The van der Waals surface area contributed by atoms with Crippen molar-refractivity contribution >= 4 is 11.7 Å². The van der Waals surface area contributed by atoms with Gasteiger partial charge in [0.15, 0.2) is 0 Å². The second-order valence-electron chi connectivity index (χ2n) is 7.10. The second kappa shape index (κ2) is 8.23. The van der Waals surface area contributed by atoms with Crippen LogP contribution in [0.15, 0.2) is 24.3 Å². The molecule has 0 spiro atoms. The number of rotatable bonds is 5. The average Bonchev–Trinajstić information content (AvgIpc) is 2.54. The Morgan fingerprint density at radius 1 is 1.09 bits per heavy atom. The zero-order valence-electron chi connectivity index (χ0n) is 15.0. The molecule has 1 aromatic carbocycles. The van der Waals surface area contributed by atoms with E-state index in [1.54, 1.807) is 0 Å². The van der Waals surface area contributed by atoms with Gasteiger partial charge in [0, 0.05) is 38.4 Å². The predicted molar refractivity (Wildman–Crippen MR) is 97.2 cm³/mol. The fraction of sp³-hybridized carbons (Fsp3) is 0.632. The summed E-state index contributed by atoms with van der Waals surface area (Å²) in [4.78, 5) is 16.5. The van der Waals surface area contributed by atoms with E-state index >= 15 is 0 Å². The van der Waals surface area contributed by atoms with Crippen LogP contribution in [0.5, 0.6) is 0 Å². The lowest BCUT2D eigenvalue weighted by Crippen LogP contribution is -2.52. The molecule has 1 heterocycles. The van der Waals surface area contributed by atoms with Crippen LogP contribution in [0.25, 0.3) is 0 Å². The number of carbonyl (C=O) groups is 1. The molecular formula is C19H31N3O. The lowest BCUT2D eigenvalue weighted by molar-refractivity contribution is 0.194. The van der Waals surface area contributed by atoms with Gasteiger partial charge in [0.25, 0.3) is 0 Å². The number of urea groups is 1. The van der Waals surface area contributed by atoms with Gasteiger partial charge in [0.05, 0.1) is 0 Å². The molecule has 0 radical (unpaired) electrons. The highest BCUT2D eigenvalue weighted by Crippen LogP contribution is 2.28. The second-order valence-corrected chi connectivity index (χ2v) is 7.10. The predicted octanol–water partition coefficient (Wildman–Crippen LogP) is 3.69. The quantitative estimate of drug-likeness (QED) is 0.899. The van der Waals surface area contributed by atoms with Crippen molar-refractivity contribution in [3.63, 3.8) is 0 Å². The number of hydrogen-bond acceptors (Lipinski definition) is 2. The van der Waals surface area contributed by atoms with E-state index in [9.17, 15) is 4.79 Å². The maximum Gasteiger partial charge on any atom is 0.317 e. The SMILES string of the molecule is CC(C)CCNC(=O)N1CCN(c2ccccc2C(C)C)CC1. The molecule has 2 rings (SSSR count). The Kier molecular flexibility index (Phi) is 6.31. The van der Waals surface area contributed by atoms with Crippen molar-refractivity contribution < 1.29 is 4.79 Å². The zero-order chi connectivity index (χ0) is 16.8. The van der Waals surface area contributed by atoms with Crippen LogP contribution in [0, 0.1) is 5.92 Å². The smallest absolute Gasteiger partial charge is 0.317 e. The van der Waals surface area contributed by atoms with Crippen molar-refractivity contribution in [1.82, 2.24) is 10.2 Å². The van der Waals surface area contributed by atoms with Crippen LogP contribution in [0.1, 0.15) is 45.6 Å². The van der Waals surface area contributed by atoms with Crippen LogP contribution in [-0.2, 0) is 0 Å². The van der Waals surface area contributed by atoms with Gasteiger partial charge in [-0.25, -0.2) is 4.79 Å². The van der Waals surface area contributed by atoms with Crippen LogP contribution in [0.2, 0.25) is 0 Å². The van der Waals surface area contributed by atoms with Crippen LogP contribution >= 0.6 is 0 Å². The minimum Gasteiger partial charge on any atom is -0.368 e. The fourth-order valence-electron chi connectivity index (χ4n) is 2.99. The molecule has 0 bridgehead atoms. The molecule has 23 heavy (non-hydrogen) atoms. The van der Waals surface area contributed by atoms with E-state index in [1.165, 1.54) is 11.3 Å². The minimum atomic E-state index is 0.0856. The van der Waals surface area contributed by atoms with Crippen LogP contribution in [0.4, 0.5) is 10.5 Å². The van der Waals surface area contributed by atoms with Gasteiger partial charge in [0.2, 0.25) is 0 Å². The number of amides is 2. The van der Waals surface area contributed by atoms with E-state index in [2.05, 4.69) is 62.2 Å². The standard InChI is InChI=1S/C19H31N3O/c1-15(2)9-10-20-19(23)22-13-11-21(12-14-22)18-8-6-5-7-17(18)16(3)4/h5-8,15-16H,9-14H2,1-4H3,(H,20,23). The van der Waals surface area contributed by atoms with Crippen LogP contribution < -0.4 is 10.2 Å². The van der Waals surface area contributed by atoms with Crippen molar-refractivity contribution in [3.05, 3.63) is 29.8 Å². The molecule has 1 aliphatic heterocycles. The van der Waals surface area contributed by atoms with Gasteiger partial charge in [-0.3, -0.25) is 0 Å². The highest BCUT2D eigenvalue weighted by Gasteiger charge is 2.22. The van der Waals surface area contributed by atoms with Crippen LogP contribution in [0.3, 0.4) is 0 Å². The minimum absolute atomic E-state index is 0.0856. The summed E-state index contributed by atoms with van der Waals surface area (Å²) >= 11 is 0. The van der Waals surface area contributed by atoms with Crippen molar-refractivity contribution in [1.29, 1.82) is 0 Å². The summed E-state index contributed by atoms with van der Waals surface area (Å²) in [6.45, 7) is 13.0. The Balaban J connectivity index is 1.88. The summed E-state index contributed by atoms with van der Waals surface area (Å²) in [5.74, 6) is 1.14. The maximum atomic E-state index is 12.2. The van der Waals surface area contributed by atoms with Gasteiger partial charge in [0.1, 0.15) is 0 Å². The Morgan fingerprint density at radius 3 is 2.35 bits per heavy atom. The van der Waals surface area contributed by atoms with E-state index < -0.39 is 0 Å². The maximum absolute atomic E-state index is 12.2. The largest absolute Gasteiger partial charge is 0.368 e. The molecule has 4 heteroatoms. The molecule has 4 nitrogen and oxygen atoms in total.